The molecule has 0 aliphatic carbocycles. The van der Waals surface area contributed by atoms with Crippen LogP contribution in [0.1, 0.15) is 46.0 Å². The van der Waals surface area contributed by atoms with Gasteiger partial charge in [-0.05, 0) is 19.3 Å². The first kappa shape index (κ1) is 23.0. The van der Waals surface area contributed by atoms with Gasteiger partial charge in [0.15, 0.2) is 0 Å². The minimum atomic E-state index is -2.33. The number of benzene rings is 3. The van der Waals surface area contributed by atoms with Crippen molar-refractivity contribution in [2.75, 3.05) is 0 Å². The minimum absolute atomic E-state index is 0.768. The zero-order valence-electron chi connectivity index (χ0n) is 18.6. The Hall–Kier alpha value is -2.70. The second kappa shape index (κ2) is 11.6. The van der Waals surface area contributed by atoms with Gasteiger partial charge in [0.25, 0.3) is 0 Å². The summed E-state index contributed by atoms with van der Waals surface area (Å²) in [6.07, 6.45) is 5.67. The number of carbonyl (C=O) groups excluding carboxylic acids is 1. The summed E-state index contributed by atoms with van der Waals surface area (Å²) >= 11 is 0. The summed E-state index contributed by atoms with van der Waals surface area (Å²) in [6.45, 7) is 4.31. The normalized spacial score (nSPS) is 12.2. The Bertz CT molecular complexity index is 937. The number of rotatable bonds is 10. The number of nitrogens with zero attached hydrogens (tertiary/aromatic N) is 1. The molecule has 0 spiro atoms. The third-order valence-corrected chi connectivity index (χ3v) is 9.14. The van der Waals surface area contributed by atoms with E-state index in [-0.39, 0.29) is 0 Å². The van der Waals surface area contributed by atoms with Gasteiger partial charge < -0.3 is 0 Å². The summed E-state index contributed by atoms with van der Waals surface area (Å²) in [5.74, 6) is 0. The lowest BCUT2D eigenvalue weighted by atomic mass is 10.1. The Morgan fingerprint density at radius 3 is 1.52 bits per heavy atom. The van der Waals surface area contributed by atoms with Crippen LogP contribution in [0.4, 0.5) is 0 Å². The van der Waals surface area contributed by atoms with Gasteiger partial charge in [0.2, 0.25) is 0 Å². The van der Waals surface area contributed by atoms with Crippen LogP contribution in [0.15, 0.2) is 107 Å². The summed E-state index contributed by atoms with van der Waals surface area (Å²) in [5, 5.41) is 3.63. The Kier molecular flexibility index (Phi) is 8.62. The lowest BCUT2D eigenvalue weighted by Crippen LogP contribution is -2.25. The van der Waals surface area contributed by atoms with Crippen molar-refractivity contribution in [1.82, 2.24) is 0 Å². The van der Waals surface area contributed by atoms with Crippen molar-refractivity contribution in [1.29, 1.82) is 0 Å². The summed E-state index contributed by atoms with van der Waals surface area (Å²) in [7, 11) is -2.33. The number of allylic oxidation sites excluding steroid dienone is 2. The SMILES string of the molecule is CCCC/C(N=P(c1ccccc1)(c1ccccc1)c1ccccc1)=C(\C=O)CCC. The molecule has 0 aliphatic rings. The van der Waals surface area contributed by atoms with E-state index in [1.165, 1.54) is 15.9 Å². The standard InChI is InChI=1S/C28H32NOP/c1-3-5-22-28(24(23-30)15-4-2)29-31(25-16-9-6-10-17-25,26-18-11-7-12-19-26)27-20-13-8-14-21-27/h6-14,16-21,23H,3-5,15,22H2,1-2H3/b28-24+. The minimum Gasteiger partial charge on any atom is -0.298 e. The van der Waals surface area contributed by atoms with Gasteiger partial charge in [0.05, 0.1) is 7.05 Å². The molecule has 0 bridgehead atoms. The number of hydrogen-bond acceptors (Lipinski definition) is 2. The van der Waals surface area contributed by atoms with Gasteiger partial charge >= 0.3 is 0 Å². The molecule has 0 saturated carbocycles. The molecule has 31 heavy (non-hydrogen) atoms. The quantitative estimate of drug-likeness (QED) is 0.203. The molecule has 0 fully saturated rings. The molecule has 3 aromatic rings. The fraction of sp³-hybridized carbons (Fsp3) is 0.250. The molecule has 0 atom stereocenters. The van der Waals surface area contributed by atoms with E-state index >= 15 is 0 Å². The van der Waals surface area contributed by atoms with Gasteiger partial charge in [-0.3, -0.25) is 9.54 Å². The molecular formula is C28H32NOP. The molecule has 0 saturated heterocycles. The van der Waals surface area contributed by atoms with Crippen molar-refractivity contribution in [3.05, 3.63) is 102 Å². The average molecular weight is 430 g/mol. The van der Waals surface area contributed by atoms with Crippen LogP contribution in [-0.2, 0) is 4.79 Å². The summed E-state index contributed by atoms with van der Waals surface area (Å²) in [4.78, 5) is 12.1. The lowest BCUT2D eigenvalue weighted by molar-refractivity contribution is -0.105. The summed E-state index contributed by atoms with van der Waals surface area (Å²) < 4.78 is 5.61. The van der Waals surface area contributed by atoms with Crippen molar-refractivity contribution < 1.29 is 4.79 Å². The number of carbonyl (C=O) groups is 1. The van der Waals surface area contributed by atoms with Crippen LogP contribution in [0.25, 0.3) is 0 Å². The third-order valence-electron chi connectivity index (χ3n) is 5.46. The smallest absolute Gasteiger partial charge is 0.147 e. The highest BCUT2D eigenvalue weighted by Gasteiger charge is 2.28. The molecule has 160 valence electrons. The van der Waals surface area contributed by atoms with E-state index in [0.29, 0.717) is 0 Å². The molecule has 0 radical (unpaired) electrons. The first-order chi connectivity index (χ1) is 15.3. The van der Waals surface area contributed by atoms with Crippen LogP contribution in [0.2, 0.25) is 0 Å². The van der Waals surface area contributed by atoms with E-state index in [4.69, 9.17) is 4.74 Å². The summed E-state index contributed by atoms with van der Waals surface area (Å²) in [6, 6.07) is 31.8. The molecule has 3 aromatic carbocycles. The molecule has 0 unspecified atom stereocenters. The van der Waals surface area contributed by atoms with E-state index in [2.05, 4.69) is 105 Å². The first-order valence-corrected chi connectivity index (χ1v) is 13.0. The van der Waals surface area contributed by atoms with Gasteiger partial charge in [-0.2, -0.15) is 0 Å². The van der Waals surface area contributed by atoms with E-state index in [1.807, 2.05) is 0 Å². The molecule has 0 heterocycles. The topological polar surface area (TPSA) is 29.4 Å². The highest BCUT2D eigenvalue weighted by atomic mass is 31.2. The largest absolute Gasteiger partial charge is 0.298 e. The van der Waals surface area contributed by atoms with Crippen LogP contribution < -0.4 is 15.9 Å². The average Bonchev–Trinajstić information content (AvgIpc) is 2.85. The van der Waals surface area contributed by atoms with Crippen LogP contribution in [0.3, 0.4) is 0 Å². The second-order valence-corrected chi connectivity index (χ2v) is 10.7. The van der Waals surface area contributed by atoms with Crippen LogP contribution >= 0.6 is 7.05 Å². The fourth-order valence-corrected chi connectivity index (χ4v) is 7.53. The monoisotopic (exact) mass is 429 g/mol. The fourth-order valence-electron chi connectivity index (χ4n) is 3.89. The van der Waals surface area contributed by atoms with Gasteiger partial charge in [-0.15, -0.1) is 0 Å². The van der Waals surface area contributed by atoms with E-state index in [9.17, 15) is 4.79 Å². The highest BCUT2D eigenvalue weighted by Crippen LogP contribution is 2.48. The lowest BCUT2D eigenvalue weighted by Gasteiger charge is -2.28. The maximum Gasteiger partial charge on any atom is 0.147 e. The number of unbranched alkanes of at least 4 members (excludes halogenated alkanes) is 1. The predicted molar refractivity (Wildman–Crippen MR) is 135 cm³/mol. The van der Waals surface area contributed by atoms with Crippen molar-refractivity contribution in [3.8, 4) is 0 Å². The Balaban J connectivity index is 2.45. The third kappa shape index (κ3) is 5.32. The van der Waals surface area contributed by atoms with Crippen molar-refractivity contribution in [3.63, 3.8) is 0 Å². The highest BCUT2D eigenvalue weighted by molar-refractivity contribution is 7.87. The zero-order valence-corrected chi connectivity index (χ0v) is 19.5. The molecule has 3 heteroatoms. The molecule has 0 amide bonds. The molecule has 3 rings (SSSR count). The molecular weight excluding hydrogens is 397 g/mol. The van der Waals surface area contributed by atoms with Gasteiger partial charge in [0.1, 0.15) is 6.29 Å². The Labute approximate surface area is 187 Å². The van der Waals surface area contributed by atoms with Crippen LogP contribution in [0, 0.1) is 0 Å². The molecule has 0 aromatic heterocycles. The molecule has 0 N–H and O–H groups in total. The maximum atomic E-state index is 12.1. The van der Waals surface area contributed by atoms with Crippen molar-refractivity contribution in [2.24, 2.45) is 4.74 Å². The Morgan fingerprint density at radius 1 is 0.710 bits per heavy atom. The van der Waals surface area contributed by atoms with Gasteiger partial charge in [-0.1, -0.05) is 118 Å². The molecule has 2 nitrogen and oxygen atoms in total. The number of hydrogen-bond donors (Lipinski definition) is 0. The zero-order chi connectivity index (χ0) is 21.9. The van der Waals surface area contributed by atoms with E-state index in [0.717, 1.165) is 49.7 Å². The first-order valence-electron chi connectivity index (χ1n) is 11.2. The molecule has 0 aliphatic heterocycles. The van der Waals surface area contributed by atoms with Crippen LogP contribution in [0.5, 0.6) is 0 Å². The van der Waals surface area contributed by atoms with Gasteiger partial charge in [0, 0.05) is 27.2 Å². The summed E-state index contributed by atoms with van der Waals surface area (Å²) in [5.41, 5.74) is 1.83. The van der Waals surface area contributed by atoms with Crippen molar-refractivity contribution in [2.45, 2.75) is 46.0 Å². The second-order valence-electron chi connectivity index (χ2n) is 7.69. The van der Waals surface area contributed by atoms with Crippen molar-refractivity contribution >= 4 is 29.3 Å². The number of aldehydes is 1. The van der Waals surface area contributed by atoms with Crippen LogP contribution in [-0.4, -0.2) is 6.29 Å². The maximum absolute atomic E-state index is 12.1. The van der Waals surface area contributed by atoms with E-state index in [1.54, 1.807) is 0 Å². The Morgan fingerprint density at radius 2 is 1.16 bits per heavy atom. The van der Waals surface area contributed by atoms with E-state index < -0.39 is 7.05 Å². The predicted octanol–water partition coefficient (Wildman–Crippen LogP) is 6.61. The van der Waals surface area contributed by atoms with Gasteiger partial charge in [-0.25, -0.2) is 0 Å².